The van der Waals surface area contributed by atoms with E-state index in [1.165, 1.54) is 6.92 Å². The van der Waals surface area contributed by atoms with Crippen molar-refractivity contribution in [2.75, 3.05) is 26.9 Å². The van der Waals surface area contributed by atoms with Gasteiger partial charge in [-0.3, -0.25) is 0 Å². The van der Waals surface area contributed by atoms with Crippen LogP contribution in [0.2, 0.25) is 0 Å². The molecule has 0 unspecified atom stereocenters. The van der Waals surface area contributed by atoms with Gasteiger partial charge in [-0.2, -0.15) is 0 Å². The molecule has 19 nitrogen and oxygen atoms in total. The molecule has 3 saturated carbocycles. The highest BCUT2D eigenvalue weighted by Crippen LogP contribution is 2.70. The van der Waals surface area contributed by atoms with E-state index in [2.05, 4.69) is 26.8 Å². The van der Waals surface area contributed by atoms with Gasteiger partial charge in [0.1, 0.15) is 67.1 Å². The van der Waals surface area contributed by atoms with Crippen molar-refractivity contribution in [2.45, 2.75) is 202 Å². The molecule has 0 aromatic carbocycles. The standard InChI is InChI=1S/C46H76O19/c1-19(18-59-41-38(56)36(54)33(51)28(16-47)61-41)9-12-46(58-6)20(2)31-27(65-46)15-26-24-8-7-22-13-23(49)14-30(45(22,5)25(24)10-11-44(26,31)4)63-43-40(37(55)34(52)29(17-48)62-43)64-42-39(57)35(53)32(50)21(3)60-42/h7,19-21,23-43,47-57H,8-18H2,1-6H3/t19-,20+,21+,23-,24-,25+,26+,27+,28-,29-,30-,31+,32+,33-,34+,35-,36+,37+,38-,39-,40-,41-,42+,43+,44+,45+,46-/m1/s1. The fourth-order valence-electron chi connectivity index (χ4n) is 13.9. The van der Waals surface area contributed by atoms with Gasteiger partial charge in [-0.25, -0.2) is 0 Å². The maximum absolute atomic E-state index is 11.4. The molecule has 0 bridgehead atoms. The molecular formula is C46H76O19. The summed E-state index contributed by atoms with van der Waals surface area (Å²) in [5.41, 5.74) is 0.421. The number of allylic oxidation sites excluding steroid dienone is 1. The lowest BCUT2D eigenvalue weighted by atomic mass is 9.46. The van der Waals surface area contributed by atoms with Gasteiger partial charge in [0.15, 0.2) is 24.7 Å². The maximum Gasteiger partial charge on any atom is 0.187 e. The molecule has 4 saturated heterocycles. The van der Waals surface area contributed by atoms with E-state index in [1.54, 1.807) is 7.11 Å². The second kappa shape index (κ2) is 19.3. The minimum Gasteiger partial charge on any atom is -0.394 e. The molecule has 0 aromatic rings. The molecule has 4 heterocycles. The van der Waals surface area contributed by atoms with Crippen LogP contribution in [0.25, 0.3) is 0 Å². The molecule has 0 aromatic heterocycles. The normalized spacial score (nSPS) is 54.8. The summed E-state index contributed by atoms with van der Waals surface area (Å²) in [6.07, 6.45) is -15.0. The quantitative estimate of drug-likeness (QED) is 0.0967. The number of fused-ring (bicyclic) bond motifs is 7. The highest BCUT2D eigenvalue weighted by atomic mass is 16.8. The predicted molar refractivity (Wildman–Crippen MR) is 224 cm³/mol. The number of rotatable bonds is 13. The first-order valence-electron chi connectivity index (χ1n) is 23.9. The smallest absolute Gasteiger partial charge is 0.187 e. The molecule has 0 spiro atoms. The van der Waals surface area contributed by atoms with Crippen LogP contribution < -0.4 is 0 Å². The molecular weight excluding hydrogens is 856 g/mol. The number of hydrogen-bond donors (Lipinski definition) is 11. The first-order chi connectivity index (χ1) is 30.7. The van der Waals surface area contributed by atoms with Crippen LogP contribution in [0.5, 0.6) is 0 Å². The van der Waals surface area contributed by atoms with Crippen LogP contribution in [0.1, 0.15) is 86.0 Å². The minimum absolute atomic E-state index is 0.0148. The van der Waals surface area contributed by atoms with E-state index >= 15 is 0 Å². The van der Waals surface area contributed by atoms with Crippen LogP contribution in [0, 0.1) is 46.3 Å². The Hall–Kier alpha value is -1.02. The van der Waals surface area contributed by atoms with Crippen LogP contribution in [-0.2, 0) is 37.9 Å². The monoisotopic (exact) mass is 932 g/mol. The van der Waals surface area contributed by atoms with E-state index in [9.17, 15) is 56.2 Å². The van der Waals surface area contributed by atoms with Crippen molar-refractivity contribution in [2.24, 2.45) is 46.3 Å². The van der Waals surface area contributed by atoms with Crippen molar-refractivity contribution < 1.29 is 94.1 Å². The van der Waals surface area contributed by atoms with Gasteiger partial charge in [-0.05, 0) is 80.5 Å². The average molecular weight is 933 g/mol. The third-order valence-electron chi connectivity index (χ3n) is 17.8. The van der Waals surface area contributed by atoms with Gasteiger partial charge in [-0.1, -0.05) is 39.3 Å². The van der Waals surface area contributed by atoms with Crippen LogP contribution in [-0.4, -0.2) is 199 Å². The van der Waals surface area contributed by atoms with Crippen LogP contribution in [0.4, 0.5) is 0 Å². The summed E-state index contributed by atoms with van der Waals surface area (Å²) in [7, 11) is 1.70. The Morgan fingerprint density at radius 3 is 2.08 bits per heavy atom. The fourth-order valence-corrected chi connectivity index (χ4v) is 13.9. The lowest BCUT2D eigenvalue weighted by Crippen LogP contribution is -2.65. The predicted octanol–water partition coefficient (Wildman–Crippen LogP) is -1.21. The van der Waals surface area contributed by atoms with E-state index in [1.807, 2.05) is 6.92 Å². The van der Waals surface area contributed by atoms with Crippen molar-refractivity contribution in [3.63, 3.8) is 0 Å². The van der Waals surface area contributed by atoms with E-state index in [0.717, 1.165) is 31.3 Å². The molecule has 19 heteroatoms. The Morgan fingerprint density at radius 1 is 0.754 bits per heavy atom. The Kier molecular flexibility index (Phi) is 15.0. The zero-order chi connectivity index (χ0) is 47.1. The highest BCUT2D eigenvalue weighted by molar-refractivity contribution is 5.29. The van der Waals surface area contributed by atoms with Crippen LogP contribution >= 0.6 is 0 Å². The lowest BCUT2D eigenvalue weighted by molar-refractivity contribution is -0.374. The number of aliphatic hydroxyl groups excluding tert-OH is 11. The first kappa shape index (κ1) is 50.4. The summed E-state index contributed by atoms with van der Waals surface area (Å²) in [5.74, 6) is 0.0981. The molecule has 11 N–H and O–H groups in total. The second-order valence-electron chi connectivity index (χ2n) is 21.3. The Balaban J connectivity index is 0.963. The molecule has 7 fully saturated rings. The fraction of sp³-hybridized carbons (Fsp3) is 0.957. The van der Waals surface area contributed by atoms with Crippen LogP contribution in [0.3, 0.4) is 0 Å². The topological polar surface area (TPSA) is 296 Å². The zero-order valence-corrected chi connectivity index (χ0v) is 38.4. The summed E-state index contributed by atoms with van der Waals surface area (Å²) in [6.45, 7) is 9.34. The molecule has 65 heavy (non-hydrogen) atoms. The Labute approximate surface area is 380 Å². The van der Waals surface area contributed by atoms with E-state index in [0.29, 0.717) is 25.2 Å². The van der Waals surface area contributed by atoms with Gasteiger partial charge in [0.2, 0.25) is 0 Å². The van der Waals surface area contributed by atoms with Crippen LogP contribution in [0.15, 0.2) is 11.6 Å². The summed E-state index contributed by atoms with van der Waals surface area (Å²) in [6, 6.07) is 0. The molecule has 374 valence electrons. The van der Waals surface area contributed by atoms with Gasteiger partial charge < -0.3 is 94.1 Å². The molecule has 27 atom stereocenters. The highest BCUT2D eigenvalue weighted by Gasteiger charge is 2.69. The van der Waals surface area contributed by atoms with E-state index in [-0.39, 0.29) is 54.1 Å². The van der Waals surface area contributed by atoms with Crippen molar-refractivity contribution in [1.82, 2.24) is 0 Å². The lowest BCUT2D eigenvalue weighted by Gasteiger charge is -2.60. The zero-order valence-electron chi connectivity index (χ0n) is 38.4. The van der Waals surface area contributed by atoms with Gasteiger partial charge in [0, 0.05) is 31.3 Å². The molecule has 0 amide bonds. The van der Waals surface area contributed by atoms with Crippen molar-refractivity contribution in [3.05, 3.63) is 11.6 Å². The van der Waals surface area contributed by atoms with E-state index < -0.39 is 129 Å². The largest absolute Gasteiger partial charge is 0.394 e. The minimum atomic E-state index is -1.70. The Bertz CT molecular complexity index is 1660. The summed E-state index contributed by atoms with van der Waals surface area (Å²) in [5, 5.41) is 116. The number of aliphatic hydroxyl groups is 11. The molecule has 8 rings (SSSR count). The molecule has 4 aliphatic heterocycles. The summed E-state index contributed by atoms with van der Waals surface area (Å²) >= 11 is 0. The second-order valence-corrected chi connectivity index (χ2v) is 21.3. The SMILES string of the molecule is CO[C@]1(CC[C@@H](C)CO[C@@H]2O[C@H](CO)[C@@H](O)[C@H](O)[C@H]2O)O[C@H]2C[C@H]3[C@@H]4CC=C5C[C@@H](O)C[C@@H](O[C@@H]6O[C@H](CO)[C@H](O)[C@H](O)[C@H]6O[C@@H]6O[C@@H](C)[C@H](O)[C@@H](O)[C@H]6O)[C@]5(C)[C@H]4CC[C@]3(C)[C@H]2[C@@H]1C. The molecule has 0 radical (unpaired) electrons. The van der Waals surface area contributed by atoms with Crippen molar-refractivity contribution in [1.29, 1.82) is 0 Å². The number of methoxy groups -OCH3 is 1. The number of ether oxygens (including phenoxy) is 8. The number of hydrogen-bond acceptors (Lipinski definition) is 19. The third-order valence-corrected chi connectivity index (χ3v) is 17.8. The van der Waals surface area contributed by atoms with Gasteiger partial charge in [0.05, 0.1) is 44.2 Å². The first-order valence-corrected chi connectivity index (χ1v) is 23.9. The van der Waals surface area contributed by atoms with E-state index in [4.69, 9.17) is 37.9 Å². The van der Waals surface area contributed by atoms with Crippen molar-refractivity contribution >= 4 is 0 Å². The molecule has 8 aliphatic rings. The van der Waals surface area contributed by atoms with Gasteiger partial charge >= 0.3 is 0 Å². The maximum atomic E-state index is 11.4. The third kappa shape index (κ3) is 8.60. The molecule has 4 aliphatic carbocycles. The summed E-state index contributed by atoms with van der Waals surface area (Å²) < 4.78 is 49.5. The van der Waals surface area contributed by atoms with Gasteiger partial charge in [0.25, 0.3) is 0 Å². The average Bonchev–Trinajstić information content (AvgIpc) is 3.74. The van der Waals surface area contributed by atoms with Gasteiger partial charge in [-0.15, -0.1) is 0 Å². The summed E-state index contributed by atoms with van der Waals surface area (Å²) in [4.78, 5) is 0. The van der Waals surface area contributed by atoms with Crippen molar-refractivity contribution in [3.8, 4) is 0 Å². The Morgan fingerprint density at radius 2 is 1.40 bits per heavy atom.